The number of rotatable bonds is 13. The fourth-order valence-corrected chi connectivity index (χ4v) is 0.838. The molecule has 0 aromatic heterocycles. The Morgan fingerprint density at radius 2 is 0.842 bits per heavy atom. The van der Waals surface area contributed by atoms with Gasteiger partial charge in [-0.15, -0.1) is 0 Å². The van der Waals surface area contributed by atoms with E-state index in [1.54, 1.807) is 14.2 Å². The number of hydrogen-bond donors (Lipinski definition) is 2. The summed E-state index contributed by atoms with van der Waals surface area (Å²) in [5.41, 5.74) is 0. The van der Waals surface area contributed by atoms with Crippen molar-refractivity contribution in [3.05, 3.63) is 0 Å². The number of aliphatic hydroxyl groups excluding tert-OH is 2. The van der Waals surface area contributed by atoms with Crippen molar-refractivity contribution >= 4 is 0 Å². The van der Waals surface area contributed by atoms with Crippen LogP contribution in [-0.2, 0) is 23.7 Å². The number of methoxy groups -OCH3 is 2. The van der Waals surface area contributed by atoms with Crippen LogP contribution in [-0.4, -0.2) is 90.5 Å². The van der Waals surface area contributed by atoms with Crippen LogP contribution in [0.5, 0.6) is 0 Å². The van der Waals surface area contributed by atoms with Crippen LogP contribution in [0.2, 0.25) is 0 Å². The molecule has 0 atom stereocenters. The Kier molecular flexibility index (Phi) is 25.3. The van der Waals surface area contributed by atoms with E-state index in [2.05, 4.69) is 0 Å². The second-order valence-electron chi connectivity index (χ2n) is 3.27. The zero-order valence-electron chi connectivity index (χ0n) is 12.0. The van der Waals surface area contributed by atoms with E-state index < -0.39 is 0 Å². The average molecular weight is 284 g/mol. The van der Waals surface area contributed by atoms with Crippen molar-refractivity contribution < 1.29 is 33.9 Å². The highest BCUT2D eigenvalue weighted by atomic mass is 16.5. The Morgan fingerprint density at radius 3 is 1.16 bits per heavy atom. The van der Waals surface area contributed by atoms with Gasteiger partial charge in [0.1, 0.15) is 0 Å². The minimum absolute atomic E-state index is 0.0417. The second kappa shape index (κ2) is 22.9. The maximum Gasteiger partial charge on any atom is 0.0701 e. The smallest absolute Gasteiger partial charge is 0.0701 e. The van der Waals surface area contributed by atoms with E-state index in [4.69, 9.17) is 33.9 Å². The molecule has 0 saturated carbocycles. The molecule has 19 heavy (non-hydrogen) atoms. The van der Waals surface area contributed by atoms with Gasteiger partial charge in [0.05, 0.1) is 66.1 Å². The van der Waals surface area contributed by atoms with Gasteiger partial charge in [0, 0.05) is 14.2 Å². The first-order chi connectivity index (χ1) is 9.33. The predicted octanol–water partition coefficient (Wildman–Crippen LogP) is -0.700. The molecule has 0 aliphatic carbocycles. The third-order valence-corrected chi connectivity index (χ3v) is 1.71. The fourth-order valence-electron chi connectivity index (χ4n) is 0.838. The van der Waals surface area contributed by atoms with Crippen LogP contribution in [0, 0.1) is 0 Å². The molecule has 0 aromatic rings. The monoisotopic (exact) mass is 284 g/mol. The second-order valence-corrected chi connectivity index (χ2v) is 3.27. The number of ether oxygens (including phenoxy) is 5. The van der Waals surface area contributed by atoms with Crippen LogP contribution in [0.4, 0.5) is 0 Å². The van der Waals surface area contributed by atoms with E-state index in [-0.39, 0.29) is 13.2 Å². The molecule has 0 spiro atoms. The lowest BCUT2D eigenvalue weighted by molar-refractivity contribution is 0.0222. The van der Waals surface area contributed by atoms with Crippen LogP contribution in [0.3, 0.4) is 0 Å². The van der Waals surface area contributed by atoms with Crippen molar-refractivity contribution in [1.82, 2.24) is 0 Å². The van der Waals surface area contributed by atoms with Crippen molar-refractivity contribution in [1.29, 1.82) is 0 Å². The van der Waals surface area contributed by atoms with Crippen LogP contribution in [0.1, 0.15) is 0 Å². The topological polar surface area (TPSA) is 86.6 Å². The summed E-state index contributed by atoms with van der Waals surface area (Å²) < 4.78 is 24.3. The Labute approximate surface area is 115 Å². The lowest BCUT2D eigenvalue weighted by Gasteiger charge is -2.01. The Balaban J connectivity index is 0. The van der Waals surface area contributed by atoms with Gasteiger partial charge < -0.3 is 33.9 Å². The van der Waals surface area contributed by atoms with Gasteiger partial charge in [-0.3, -0.25) is 0 Å². The van der Waals surface area contributed by atoms with Crippen molar-refractivity contribution in [2.45, 2.75) is 0 Å². The summed E-state index contributed by atoms with van der Waals surface area (Å²) in [5.74, 6) is 0. The minimum Gasteiger partial charge on any atom is -0.394 e. The first kappa shape index (κ1) is 21.0. The van der Waals surface area contributed by atoms with E-state index in [1.807, 2.05) is 0 Å². The summed E-state index contributed by atoms with van der Waals surface area (Å²) in [7, 11) is 3.30. The molecule has 2 N–H and O–H groups in total. The molecule has 0 radical (unpaired) electrons. The molecule has 0 aliphatic rings. The molecule has 7 nitrogen and oxygen atoms in total. The summed E-state index contributed by atoms with van der Waals surface area (Å²) in [6.45, 7) is 4.35. The Bertz CT molecular complexity index is 121. The lowest BCUT2D eigenvalue weighted by Crippen LogP contribution is -2.09. The summed E-state index contributed by atoms with van der Waals surface area (Å²) >= 11 is 0. The molecule has 0 aliphatic heterocycles. The SMILES string of the molecule is COCCOCCOC.OCCOCCOCCO. The van der Waals surface area contributed by atoms with Gasteiger partial charge in [0.2, 0.25) is 0 Å². The molecule has 0 bridgehead atoms. The molecule has 7 heteroatoms. The molecule has 0 unspecified atom stereocenters. The zero-order valence-corrected chi connectivity index (χ0v) is 12.0. The van der Waals surface area contributed by atoms with Crippen molar-refractivity contribution in [3.8, 4) is 0 Å². The van der Waals surface area contributed by atoms with Gasteiger partial charge in [-0.05, 0) is 0 Å². The zero-order chi connectivity index (χ0) is 14.6. The van der Waals surface area contributed by atoms with Crippen LogP contribution >= 0.6 is 0 Å². The first-order valence-electron chi connectivity index (χ1n) is 6.26. The number of hydrogen-bond acceptors (Lipinski definition) is 7. The fraction of sp³-hybridized carbons (Fsp3) is 1.00. The van der Waals surface area contributed by atoms with E-state index >= 15 is 0 Å². The van der Waals surface area contributed by atoms with E-state index in [0.29, 0.717) is 52.9 Å². The van der Waals surface area contributed by atoms with Crippen LogP contribution < -0.4 is 0 Å². The summed E-state index contributed by atoms with van der Waals surface area (Å²) in [6, 6.07) is 0. The highest BCUT2D eigenvalue weighted by molar-refractivity contribution is 4.30. The largest absolute Gasteiger partial charge is 0.394 e. The van der Waals surface area contributed by atoms with Gasteiger partial charge in [-0.2, -0.15) is 0 Å². The molecule has 0 fully saturated rings. The molecule has 0 rings (SSSR count). The first-order valence-corrected chi connectivity index (χ1v) is 6.26. The summed E-state index contributed by atoms with van der Waals surface area (Å²) in [5, 5.41) is 16.5. The van der Waals surface area contributed by atoms with Crippen LogP contribution in [0.15, 0.2) is 0 Å². The standard InChI is InChI=1S/C6H14O4.C6H14O3/c7-1-3-9-5-6-10-4-2-8;1-7-3-5-9-6-4-8-2/h7-8H,1-6H2;3-6H2,1-2H3. The third-order valence-electron chi connectivity index (χ3n) is 1.71. The molecule has 0 saturated heterocycles. The maximum absolute atomic E-state index is 8.26. The predicted molar refractivity (Wildman–Crippen MR) is 70.4 cm³/mol. The van der Waals surface area contributed by atoms with E-state index in [1.165, 1.54) is 0 Å². The molecule has 0 aromatic carbocycles. The quantitative estimate of drug-likeness (QED) is 0.432. The van der Waals surface area contributed by atoms with Crippen LogP contribution in [0.25, 0.3) is 0 Å². The van der Waals surface area contributed by atoms with Crippen molar-refractivity contribution in [3.63, 3.8) is 0 Å². The highest BCUT2D eigenvalue weighted by Crippen LogP contribution is 1.77. The lowest BCUT2D eigenvalue weighted by atomic mass is 10.7. The van der Waals surface area contributed by atoms with Gasteiger partial charge >= 0.3 is 0 Å². The summed E-state index contributed by atoms with van der Waals surface area (Å²) in [4.78, 5) is 0. The van der Waals surface area contributed by atoms with Gasteiger partial charge in [0.25, 0.3) is 0 Å². The van der Waals surface area contributed by atoms with Gasteiger partial charge in [0.15, 0.2) is 0 Å². The average Bonchev–Trinajstić information content (AvgIpc) is 2.43. The summed E-state index contributed by atoms with van der Waals surface area (Å²) in [6.07, 6.45) is 0. The van der Waals surface area contributed by atoms with Gasteiger partial charge in [-0.1, -0.05) is 0 Å². The Morgan fingerprint density at radius 1 is 0.526 bits per heavy atom. The normalized spacial score (nSPS) is 10.1. The molecule has 118 valence electrons. The molecular weight excluding hydrogens is 256 g/mol. The van der Waals surface area contributed by atoms with Crippen molar-refractivity contribution in [2.24, 2.45) is 0 Å². The molecular formula is C12H28O7. The molecule has 0 amide bonds. The van der Waals surface area contributed by atoms with Crippen molar-refractivity contribution in [2.75, 3.05) is 80.3 Å². The van der Waals surface area contributed by atoms with Gasteiger partial charge in [-0.25, -0.2) is 0 Å². The number of aliphatic hydroxyl groups is 2. The minimum atomic E-state index is 0.0417. The van der Waals surface area contributed by atoms with E-state index in [9.17, 15) is 0 Å². The third kappa shape index (κ3) is 27.1. The highest BCUT2D eigenvalue weighted by Gasteiger charge is 1.86. The van der Waals surface area contributed by atoms with E-state index in [0.717, 1.165) is 0 Å². The Hall–Kier alpha value is -0.280. The maximum atomic E-state index is 8.26. The molecule has 0 heterocycles.